The summed E-state index contributed by atoms with van der Waals surface area (Å²) in [5, 5.41) is 3.03. The number of nitrogen functional groups attached to an aromatic ring is 1. The van der Waals surface area contributed by atoms with Crippen molar-refractivity contribution in [2.45, 2.75) is 6.18 Å². The minimum absolute atomic E-state index is 0.0756. The Morgan fingerprint density at radius 1 is 1.15 bits per heavy atom. The molecule has 1 heterocycles. The van der Waals surface area contributed by atoms with Crippen LogP contribution in [0.2, 0.25) is 5.02 Å². The number of halogens is 4. The van der Waals surface area contributed by atoms with Crippen LogP contribution in [-0.4, -0.2) is 9.97 Å². The molecule has 0 aliphatic rings. The van der Waals surface area contributed by atoms with Gasteiger partial charge in [0.1, 0.15) is 5.82 Å². The Balaban J connectivity index is 2.39. The molecule has 0 saturated heterocycles. The molecule has 2 rings (SSSR count). The van der Waals surface area contributed by atoms with E-state index >= 15 is 0 Å². The molecule has 5 nitrogen and oxygen atoms in total. The molecule has 9 heteroatoms. The molecule has 0 spiro atoms. The fourth-order valence-corrected chi connectivity index (χ4v) is 1.60. The van der Waals surface area contributed by atoms with Gasteiger partial charge in [0.2, 0.25) is 5.95 Å². The molecule has 106 valence electrons. The summed E-state index contributed by atoms with van der Waals surface area (Å²) >= 11 is 5.91. The van der Waals surface area contributed by atoms with E-state index in [2.05, 4.69) is 15.3 Å². The van der Waals surface area contributed by atoms with E-state index in [-0.39, 0.29) is 11.8 Å². The molecule has 0 radical (unpaired) electrons. The fourth-order valence-electron chi connectivity index (χ4n) is 1.42. The number of nitrogens with zero attached hydrogens (tertiary/aromatic N) is 2. The van der Waals surface area contributed by atoms with Gasteiger partial charge in [0.25, 0.3) is 0 Å². The molecule has 0 fully saturated rings. The molecule has 0 atom stereocenters. The summed E-state index contributed by atoms with van der Waals surface area (Å²) in [6, 6.07) is 7.35. The normalized spacial score (nSPS) is 11.2. The number of alkyl halides is 3. The van der Waals surface area contributed by atoms with Crippen molar-refractivity contribution in [3.8, 4) is 0 Å². The first-order chi connectivity index (χ1) is 9.40. The van der Waals surface area contributed by atoms with Crippen LogP contribution in [0.1, 0.15) is 5.69 Å². The standard InChI is InChI=1S/C11H9ClF3N5/c12-6-3-1-2-4-7(6)17-9-5-8(11(13,14)15)18-10(19-9)20-16/h1-5H,16H2,(H2,17,18,19,20). The van der Waals surface area contributed by atoms with Gasteiger partial charge in [0.15, 0.2) is 5.69 Å². The topological polar surface area (TPSA) is 75.9 Å². The summed E-state index contributed by atoms with van der Waals surface area (Å²) in [6.45, 7) is 0. The van der Waals surface area contributed by atoms with Gasteiger partial charge in [-0.15, -0.1) is 0 Å². The Morgan fingerprint density at radius 3 is 2.45 bits per heavy atom. The average Bonchev–Trinajstić information content (AvgIpc) is 2.40. The van der Waals surface area contributed by atoms with Gasteiger partial charge in [0, 0.05) is 6.07 Å². The Morgan fingerprint density at radius 2 is 1.85 bits per heavy atom. The van der Waals surface area contributed by atoms with E-state index in [1.807, 2.05) is 5.43 Å². The van der Waals surface area contributed by atoms with Gasteiger partial charge >= 0.3 is 6.18 Å². The number of hydrazine groups is 1. The fraction of sp³-hybridized carbons (Fsp3) is 0.0909. The number of nitrogens with two attached hydrogens (primary N) is 1. The zero-order valence-corrected chi connectivity index (χ0v) is 10.6. The molecule has 4 N–H and O–H groups in total. The van der Waals surface area contributed by atoms with E-state index in [1.165, 1.54) is 0 Å². The highest BCUT2D eigenvalue weighted by Crippen LogP contribution is 2.31. The number of para-hydroxylation sites is 1. The smallest absolute Gasteiger partial charge is 0.339 e. The van der Waals surface area contributed by atoms with Crippen LogP contribution in [0.25, 0.3) is 0 Å². The first-order valence-corrected chi connectivity index (χ1v) is 5.72. The van der Waals surface area contributed by atoms with Crippen molar-refractivity contribution in [2.24, 2.45) is 5.84 Å². The summed E-state index contributed by atoms with van der Waals surface area (Å²) < 4.78 is 38.1. The maximum atomic E-state index is 12.7. The summed E-state index contributed by atoms with van der Waals surface area (Å²) in [7, 11) is 0. The minimum atomic E-state index is -4.61. The second kappa shape index (κ2) is 5.51. The first-order valence-electron chi connectivity index (χ1n) is 5.34. The van der Waals surface area contributed by atoms with Crippen molar-refractivity contribution < 1.29 is 13.2 Å². The van der Waals surface area contributed by atoms with Crippen molar-refractivity contribution in [3.05, 3.63) is 41.0 Å². The molecule has 20 heavy (non-hydrogen) atoms. The number of benzene rings is 1. The van der Waals surface area contributed by atoms with Crippen molar-refractivity contribution >= 4 is 29.1 Å². The molecule has 1 aromatic heterocycles. The predicted molar refractivity (Wildman–Crippen MR) is 69.6 cm³/mol. The van der Waals surface area contributed by atoms with E-state index < -0.39 is 11.9 Å². The Labute approximate surface area is 117 Å². The Kier molecular flexibility index (Phi) is 3.96. The van der Waals surface area contributed by atoms with Crippen molar-refractivity contribution in [1.29, 1.82) is 0 Å². The van der Waals surface area contributed by atoms with Crippen LogP contribution in [0.15, 0.2) is 30.3 Å². The molecule has 0 aliphatic carbocycles. The van der Waals surface area contributed by atoms with Gasteiger partial charge < -0.3 is 5.32 Å². The van der Waals surface area contributed by atoms with Gasteiger partial charge in [-0.1, -0.05) is 23.7 Å². The van der Waals surface area contributed by atoms with E-state index in [0.717, 1.165) is 6.07 Å². The van der Waals surface area contributed by atoms with Crippen LogP contribution in [0, 0.1) is 0 Å². The first kappa shape index (κ1) is 14.4. The van der Waals surface area contributed by atoms with Gasteiger partial charge in [-0.25, -0.2) is 10.8 Å². The van der Waals surface area contributed by atoms with Crippen LogP contribution in [0.3, 0.4) is 0 Å². The lowest BCUT2D eigenvalue weighted by atomic mass is 10.3. The molecule has 0 aliphatic heterocycles. The highest BCUT2D eigenvalue weighted by atomic mass is 35.5. The summed E-state index contributed by atoms with van der Waals surface area (Å²) in [4.78, 5) is 7.03. The highest BCUT2D eigenvalue weighted by molar-refractivity contribution is 6.33. The van der Waals surface area contributed by atoms with Crippen LogP contribution < -0.4 is 16.6 Å². The van der Waals surface area contributed by atoms with Crippen LogP contribution in [-0.2, 0) is 6.18 Å². The molecule has 0 unspecified atom stereocenters. The predicted octanol–water partition coefficient (Wildman–Crippen LogP) is 3.18. The third-order valence-corrected chi connectivity index (χ3v) is 2.61. The van der Waals surface area contributed by atoms with Crippen molar-refractivity contribution in [3.63, 3.8) is 0 Å². The van der Waals surface area contributed by atoms with Gasteiger partial charge in [-0.2, -0.15) is 18.2 Å². The number of anilines is 3. The average molecular weight is 304 g/mol. The monoisotopic (exact) mass is 303 g/mol. The zero-order chi connectivity index (χ0) is 14.8. The number of hydrogen-bond donors (Lipinski definition) is 3. The lowest BCUT2D eigenvalue weighted by Gasteiger charge is -2.12. The second-order valence-electron chi connectivity index (χ2n) is 3.71. The Bertz CT molecular complexity index is 617. The van der Waals surface area contributed by atoms with Crippen LogP contribution in [0.5, 0.6) is 0 Å². The van der Waals surface area contributed by atoms with Gasteiger partial charge in [0.05, 0.1) is 10.7 Å². The number of hydrogen-bond acceptors (Lipinski definition) is 5. The third-order valence-electron chi connectivity index (χ3n) is 2.28. The molecule has 1 aromatic carbocycles. The van der Waals surface area contributed by atoms with E-state index in [9.17, 15) is 13.2 Å². The van der Waals surface area contributed by atoms with Crippen molar-refractivity contribution in [2.75, 3.05) is 10.7 Å². The number of aromatic nitrogens is 2. The second-order valence-corrected chi connectivity index (χ2v) is 4.12. The Hall–Kier alpha value is -2.06. The van der Waals surface area contributed by atoms with Crippen LogP contribution >= 0.6 is 11.6 Å². The van der Waals surface area contributed by atoms with Crippen molar-refractivity contribution in [1.82, 2.24) is 9.97 Å². The molecular weight excluding hydrogens is 295 g/mol. The van der Waals surface area contributed by atoms with E-state index in [0.29, 0.717) is 10.7 Å². The molecule has 2 aromatic rings. The summed E-state index contributed by atoms with van der Waals surface area (Å²) in [6.07, 6.45) is -4.61. The van der Waals surface area contributed by atoms with Gasteiger partial charge in [-0.3, -0.25) is 5.43 Å². The summed E-state index contributed by atoms with van der Waals surface area (Å²) in [5.41, 5.74) is 1.29. The third kappa shape index (κ3) is 3.28. The zero-order valence-electron chi connectivity index (χ0n) is 9.87. The molecule has 0 saturated carbocycles. The van der Waals surface area contributed by atoms with E-state index in [1.54, 1.807) is 24.3 Å². The maximum absolute atomic E-state index is 12.7. The largest absolute Gasteiger partial charge is 0.433 e. The SMILES string of the molecule is NNc1nc(Nc2ccccc2Cl)cc(C(F)(F)F)n1. The van der Waals surface area contributed by atoms with E-state index in [4.69, 9.17) is 17.4 Å². The van der Waals surface area contributed by atoms with Crippen LogP contribution in [0.4, 0.5) is 30.6 Å². The lowest BCUT2D eigenvalue weighted by Crippen LogP contribution is -2.16. The lowest BCUT2D eigenvalue weighted by molar-refractivity contribution is -0.141. The molecule has 0 amide bonds. The molecule has 0 bridgehead atoms. The number of rotatable bonds is 3. The maximum Gasteiger partial charge on any atom is 0.433 e. The highest BCUT2D eigenvalue weighted by Gasteiger charge is 2.33. The quantitative estimate of drug-likeness (QED) is 0.600. The molecular formula is C11H9ClF3N5. The number of nitrogens with one attached hydrogen (secondary N) is 2. The minimum Gasteiger partial charge on any atom is -0.339 e. The summed E-state index contributed by atoms with van der Waals surface area (Å²) in [5.74, 6) is 4.63. The van der Waals surface area contributed by atoms with Gasteiger partial charge in [-0.05, 0) is 12.1 Å².